The summed E-state index contributed by atoms with van der Waals surface area (Å²) >= 11 is 0. The molecular formula is C44H48F2N6O10. The van der Waals surface area contributed by atoms with Crippen LogP contribution in [0.15, 0.2) is 97.1 Å². The van der Waals surface area contributed by atoms with E-state index in [1.54, 1.807) is 4.90 Å². The number of anilines is 4. The van der Waals surface area contributed by atoms with Crippen molar-refractivity contribution in [3.05, 3.63) is 120 Å². The Kier molecular flexibility index (Phi) is 14.2. The molecule has 328 valence electrons. The number of cyclic esters (lactones) is 2. The molecular weight excluding hydrogens is 811 g/mol. The molecule has 0 unspecified atom stereocenters. The molecule has 62 heavy (non-hydrogen) atoms. The summed E-state index contributed by atoms with van der Waals surface area (Å²) in [6.45, 7) is 3.79. The van der Waals surface area contributed by atoms with Gasteiger partial charge in [-0.25, -0.2) is 28.0 Å². The van der Waals surface area contributed by atoms with Crippen LogP contribution in [-0.2, 0) is 32.2 Å². The number of benzene rings is 4. The Hall–Kier alpha value is -6.66. The Morgan fingerprint density at radius 1 is 0.565 bits per heavy atom. The molecule has 2 atom stereocenters. The summed E-state index contributed by atoms with van der Waals surface area (Å²) in [5.41, 5.74) is 3.42. The van der Waals surface area contributed by atoms with Gasteiger partial charge < -0.3 is 48.8 Å². The maximum absolute atomic E-state index is 14.8. The first-order chi connectivity index (χ1) is 30.1. The van der Waals surface area contributed by atoms with Crippen LogP contribution < -0.4 is 19.6 Å². The van der Waals surface area contributed by atoms with Crippen molar-refractivity contribution in [1.29, 1.82) is 0 Å². The van der Waals surface area contributed by atoms with Crippen molar-refractivity contribution in [1.82, 2.24) is 9.80 Å². The number of hydrogen-bond donors (Lipinski definition) is 2. The SMILES string of the molecule is O=C(OCc1ccccc1)N1CCN(c2c(F)cc(N3C[C@H](CO)OC3=O)cc2F)CC1.O=C(OCc1ccccc1)N1CCN(c2ccc(N3C[C@H](CO)OC3=O)cc2)CC1. The summed E-state index contributed by atoms with van der Waals surface area (Å²) in [7, 11) is 0. The molecule has 0 spiro atoms. The van der Waals surface area contributed by atoms with Crippen LogP contribution in [0.4, 0.5) is 50.7 Å². The van der Waals surface area contributed by atoms with Crippen molar-refractivity contribution in [3.63, 3.8) is 0 Å². The lowest BCUT2D eigenvalue weighted by atomic mass is 10.2. The lowest BCUT2D eigenvalue weighted by molar-refractivity contribution is 0.0935. The van der Waals surface area contributed by atoms with E-state index < -0.39 is 42.1 Å². The summed E-state index contributed by atoms with van der Waals surface area (Å²) in [6, 6.07) is 28.7. The largest absolute Gasteiger partial charge is 0.445 e. The molecule has 4 aromatic rings. The number of rotatable bonds is 10. The van der Waals surface area contributed by atoms with Gasteiger partial charge >= 0.3 is 24.4 Å². The minimum absolute atomic E-state index is 0.0112. The number of ether oxygens (including phenoxy) is 4. The third kappa shape index (κ3) is 10.6. The molecule has 4 saturated heterocycles. The topological polar surface area (TPSA) is 165 Å². The zero-order valence-corrected chi connectivity index (χ0v) is 33.9. The van der Waals surface area contributed by atoms with Crippen LogP contribution >= 0.6 is 0 Å². The number of carbonyl (C=O) groups excluding carboxylic acids is 4. The molecule has 8 rings (SSSR count). The average molecular weight is 859 g/mol. The van der Waals surface area contributed by atoms with Crippen LogP contribution in [0.3, 0.4) is 0 Å². The normalized spacial score (nSPS) is 18.8. The van der Waals surface area contributed by atoms with Gasteiger partial charge in [0.25, 0.3) is 0 Å². The van der Waals surface area contributed by atoms with E-state index in [9.17, 15) is 28.0 Å². The number of aliphatic hydroxyl groups excluding tert-OH is 2. The summed E-state index contributed by atoms with van der Waals surface area (Å²) in [5, 5.41) is 18.3. The maximum Gasteiger partial charge on any atom is 0.414 e. The van der Waals surface area contributed by atoms with Gasteiger partial charge in [0.1, 0.15) is 31.1 Å². The standard InChI is InChI=1S/C22H23F2N3O5.C22H25N3O5/c23-18-10-16(27-12-17(13-28)32-22(27)30)11-19(24)20(18)25-6-8-26(9-7-25)21(29)31-14-15-4-2-1-3-5-15;26-15-20-14-25(22(28)30-20)19-8-6-18(7-9-19)23-10-12-24(13-11-23)21(27)29-16-17-4-2-1-3-5-17/h1-5,10-11,17,28H,6-9,12-14H2;1-9,20,26H,10-16H2/t17-;20-/m11/s1. The fraction of sp³-hybridized carbons (Fsp3) is 0.364. The molecule has 0 bridgehead atoms. The van der Waals surface area contributed by atoms with Crippen molar-refractivity contribution >= 4 is 47.1 Å². The van der Waals surface area contributed by atoms with E-state index >= 15 is 0 Å². The number of nitrogens with zero attached hydrogens (tertiary/aromatic N) is 6. The van der Waals surface area contributed by atoms with E-state index in [0.717, 1.165) is 39.5 Å². The zero-order chi connectivity index (χ0) is 43.6. The van der Waals surface area contributed by atoms with Crippen LogP contribution in [0.2, 0.25) is 0 Å². The lowest BCUT2D eigenvalue weighted by Gasteiger charge is -2.35. The highest BCUT2D eigenvalue weighted by Gasteiger charge is 2.35. The Morgan fingerprint density at radius 2 is 0.968 bits per heavy atom. The zero-order valence-electron chi connectivity index (χ0n) is 33.9. The molecule has 4 amide bonds. The molecule has 4 aliphatic rings. The molecule has 18 heteroatoms. The first-order valence-corrected chi connectivity index (χ1v) is 20.3. The Labute approximate surface area is 356 Å². The van der Waals surface area contributed by atoms with Crippen molar-refractivity contribution < 1.29 is 57.1 Å². The van der Waals surface area contributed by atoms with Crippen molar-refractivity contribution in [2.24, 2.45) is 0 Å². The van der Waals surface area contributed by atoms with Gasteiger partial charge in [0, 0.05) is 75.9 Å². The first kappa shape index (κ1) is 43.4. The monoisotopic (exact) mass is 858 g/mol. The summed E-state index contributed by atoms with van der Waals surface area (Å²) in [6.07, 6.45) is -3.19. The van der Waals surface area contributed by atoms with Gasteiger partial charge in [0.15, 0.2) is 11.6 Å². The Bertz CT molecular complexity index is 2130. The third-order valence-electron chi connectivity index (χ3n) is 10.8. The number of carbonyl (C=O) groups is 4. The maximum atomic E-state index is 14.8. The highest BCUT2D eigenvalue weighted by Crippen LogP contribution is 2.32. The van der Waals surface area contributed by atoms with Gasteiger partial charge in [-0.15, -0.1) is 0 Å². The third-order valence-corrected chi connectivity index (χ3v) is 10.8. The molecule has 16 nitrogen and oxygen atoms in total. The lowest BCUT2D eigenvalue weighted by Crippen LogP contribution is -2.49. The van der Waals surface area contributed by atoms with Crippen molar-refractivity contribution in [3.8, 4) is 0 Å². The van der Waals surface area contributed by atoms with Gasteiger partial charge in [0.2, 0.25) is 0 Å². The van der Waals surface area contributed by atoms with E-state index in [1.807, 2.05) is 84.9 Å². The summed E-state index contributed by atoms with van der Waals surface area (Å²) < 4.78 is 50.3. The van der Waals surface area contributed by atoms with E-state index in [2.05, 4.69) is 4.90 Å². The Balaban J connectivity index is 0.000000187. The second-order valence-corrected chi connectivity index (χ2v) is 14.9. The number of aliphatic hydroxyl groups is 2. The predicted molar refractivity (Wildman–Crippen MR) is 223 cm³/mol. The van der Waals surface area contributed by atoms with Gasteiger partial charge in [-0.2, -0.15) is 0 Å². The number of piperazine rings is 2. The highest BCUT2D eigenvalue weighted by atomic mass is 19.1. The molecule has 4 aromatic carbocycles. The smallest absolute Gasteiger partial charge is 0.414 e. The summed E-state index contributed by atoms with van der Waals surface area (Å²) in [5.74, 6) is -1.64. The predicted octanol–water partition coefficient (Wildman–Crippen LogP) is 5.20. The Morgan fingerprint density at radius 3 is 1.39 bits per heavy atom. The van der Waals surface area contributed by atoms with Crippen LogP contribution in [-0.4, -0.2) is 135 Å². The molecule has 0 radical (unpaired) electrons. The fourth-order valence-corrected chi connectivity index (χ4v) is 7.39. The van der Waals surface area contributed by atoms with Gasteiger partial charge in [-0.05, 0) is 35.4 Å². The molecule has 4 aliphatic heterocycles. The number of halogens is 2. The van der Waals surface area contributed by atoms with Crippen LogP contribution in [0.1, 0.15) is 11.1 Å². The second kappa shape index (κ2) is 20.3. The van der Waals surface area contributed by atoms with Crippen LogP contribution in [0.25, 0.3) is 0 Å². The average Bonchev–Trinajstić information content (AvgIpc) is 3.89. The minimum atomic E-state index is -0.819. The molecule has 2 N–H and O–H groups in total. The van der Waals surface area contributed by atoms with Crippen molar-refractivity contribution in [2.75, 3.05) is 98.3 Å². The van der Waals surface area contributed by atoms with E-state index in [0.29, 0.717) is 32.7 Å². The van der Waals surface area contributed by atoms with E-state index in [1.165, 1.54) is 14.7 Å². The van der Waals surface area contributed by atoms with Crippen LogP contribution in [0.5, 0.6) is 0 Å². The van der Waals surface area contributed by atoms with Gasteiger partial charge in [0.05, 0.1) is 32.0 Å². The summed E-state index contributed by atoms with van der Waals surface area (Å²) in [4.78, 5) is 57.9. The fourth-order valence-electron chi connectivity index (χ4n) is 7.39. The molecule has 4 heterocycles. The molecule has 0 aromatic heterocycles. The van der Waals surface area contributed by atoms with Gasteiger partial charge in [-0.1, -0.05) is 60.7 Å². The molecule has 4 fully saturated rings. The molecule has 0 aliphatic carbocycles. The number of amides is 4. The first-order valence-electron chi connectivity index (χ1n) is 20.3. The van der Waals surface area contributed by atoms with Crippen LogP contribution in [0, 0.1) is 11.6 Å². The second-order valence-electron chi connectivity index (χ2n) is 14.9. The highest BCUT2D eigenvalue weighted by molar-refractivity contribution is 5.90. The minimum Gasteiger partial charge on any atom is -0.445 e. The van der Waals surface area contributed by atoms with Crippen molar-refractivity contribution in [2.45, 2.75) is 25.4 Å². The van der Waals surface area contributed by atoms with E-state index in [-0.39, 0.29) is 76.6 Å². The van der Waals surface area contributed by atoms with E-state index in [4.69, 9.17) is 29.2 Å². The van der Waals surface area contributed by atoms with Gasteiger partial charge in [-0.3, -0.25) is 9.80 Å². The number of hydrogen-bond acceptors (Lipinski definition) is 12. The molecule has 0 saturated carbocycles. The quantitative estimate of drug-likeness (QED) is 0.201.